The average Bonchev–Trinajstić information content (AvgIpc) is 3.14. The summed E-state index contributed by atoms with van der Waals surface area (Å²) >= 11 is 0. The van der Waals surface area contributed by atoms with Crippen molar-refractivity contribution < 1.29 is 24.3 Å². The Morgan fingerprint density at radius 1 is 1.06 bits per heavy atom. The zero-order valence-corrected chi connectivity index (χ0v) is 21.8. The second-order valence-electron chi connectivity index (χ2n) is 11.6. The number of hydrogen-bond donors (Lipinski definition) is 6. The van der Waals surface area contributed by atoms with Crippen LogP contribution in [0.1, 0.15) is 85.0 Å². The van der Waals surface area contributed by atoms with Crippen LogP contribution >= 0.6 is 0 Å². The van der Waals surface area contributed by atoms with Crippen LogP contribution in [0.2, 0.25) is 0 Å². The minimum absolute atomic E-state index is 0.0226. The molecule has 11 heteroatoms. The summed E-state index contributed by atoms with van der Waals surface area (Å²) in [7, 11) is 0. The standard InChI is InChI=1S/C25H44N6O5/c1-24(2)16-9-11-25(24,3)19(14-16)30-20(32)18(13-15-7-5-4-6-8-15)29-23(35)28-17(21(33)34)10-12-36-31-22(26)27/h15-19H,4-14H2,1-3H3,(H,30,32)(H,33,34)(H4,26,27,31)(H2,28,29,35)/t16-,17+,18?,19+,25+/m1/s1. The maximum atomic E-state index is 13.5. The first kappa shape index (κ1) is 27.9. The van der Waals surface area contributed by atoms with E-state index in [1.165, 1.54) is 12.8 Å². The molecule has 3 aliphatic carbocycles. The molecule has 0 radical (unpaired) electrons. The molecule has 3 saturated carbocycles. The molecule has 0 aliphatic heterocycles. The molecule has 5 atom stereocenters. The summed E-state index contributed by atoms with van der Waals surface area (Å²) in [6.07, 6.45) is 9.22. The van der Waals surface area contributed by atoms with Crippen LogP contribution in [0.3, 0.4) is 0 Å². The van der Waals surface area contributed by atoms with E-state index in [-0.39, 0.29) is 41.8 Å². The highest BCUT2D eigenvalue weighted by Crippen LogP contribution is 2.65. The van der Waals surface area contributed by atoms with Gasteiger partial charge >= 0.3 is 12.0 Å². The summed E-state index contributed by atoms with van der Waals surface area (Å²) in [5, 5.41) is 21.3. The summed E-state index contributed by atoms with van der Waals surface area (Å²) in [5.41, 5.74) is 10.5. The smallest absolute Gasteiger partial charge is 0.326 e. The number of guanidine groups is 1. The van der Waals surface area contributed by atoms with Gasteiger partial charge in [0.1, 0.15) is 18.7 Å². The van der Waals surface area contributed by atoms with Crippen molar-refractivity contribution in [3.8, 4) is 0 Å². The number of fused-ring (bicyclic) bond motifs is 2. The maximum absolute atomic E-state index is 13.5. The highest BCUT2D eigenvalue weighted by molar-refractivity contribution is 5.89. The van der Waals surface area contributed by atoms with Gasteiger partial charge in [-0.3, -0.25) is 4.79 Å². The number of rotatable bonds is 11. The molecule has 11 nitrogen and oxygen atoms in total. The van der Waals surface area contributed by atoms with Crippen molar-refractivity contribution >= 4 is 23.9 Å². The van der Waals surface area contributed by atoms with E-state index in [2.05, 4.69) is 41.9 Å². The molecule has 1 unspecified atom stereocenters. The fourth-order valence-corrected chi connectivity index (χ4v) is 6.59. The highest BCUT2D eigenvalue weighted by atomic mass is 16.6. The normalized spacial score (nSPS) is 28.5. The van der Waals surface area contributed by atoms with Gasteiger partial charge in [0, 0.05) is 12.5 Å². The number of hydrogen-bond acceptors (Lipinski definition) is 5. The molecule has 3 aliphatic rings. The Bertz CT molecular complexity index is 839. The highest BCUT2D eigenvalue weighted by Gasteiger charge is 2.61. The molecule has 8 N–H and O–H groups in total. The van der Waals surface area contributed by atoms with Crippen molar-refractivity contribution in [2.24, 2.45) is 39.3 Å². The van der Waals surface area contributed by atoms with E-state index < -0.39 is 24.1 Å². The number of carbonyl (C=O) groups is 3. The SMILES string of the molecule is CC1(C)[C@@H]2CC[C@@]1(C)[C@@H](NC(=O)C(CC1CCCCC1)NC(=O)N[C@@H](CCON=C(N)N)C(=O)O)C2. The molecule has 0 saturated heterocycles. The van der Waals surface area contributed by atoms with Crippen LogP contribution in [0.15, 0.2) is 5.16 Å². The Labute approximate surface area is 213 Å². The molecule has 0 aromatic carbocycles. The maximum Gasteiger partial charge on any atom is 0.326 e. The lowest BCUT2D eigenvalue weighted by molar-refractivity contribution is -0.139. The van der Waals surface area contributed by atoms with Crippen molar-refractivity contribution in [3.05, 3.63) is 0 Å². The van der Waals surface area contributed by atoms with Crippen molar-refractivity contribution in [1.82, 2.24) is 16.0 Å². The first-order chi connectivity index (χ1) is 16.9. The quantitative estimate of drug-likeness (QED) is 0.107. The van der Waals surface area contributed by atoms with E-state index in [0.29, 0.717) is 18.3 Å². The summed E-state index contributed by atoms with van der Waals surface area (Å²) in [6, 6.07) is -2.58. The summed E-state index contributed by atoms with van der Waals surface area (Å²) in [5.74, 6) is -0.752. The van der Waals surface area contributed by atoms with Gasteiger partial charge in [-0.05, 0) is 53.5 Å². The van der Waals surface area contributed by atoms with Crippen LogP contribution < -0.4 is 27.4 Å². The number of nitrogens with one attached hydrogen (secondary N) is 3. The van der Waals surface area contributed by atoms with E-state index in [0.717, 1.165) is 38.5 Å². The van der Waals surface area contributed by atoms with E-state index in [1.54, 1.807) is 0 Å². The van der Waals surface area contributed by atoms with Gasteiger partial charge in [0.05, 0.1) is 0 Å². The van der Waals surface area contributed by atoms with Crippen LogP contribution in [0.25, 0.3) is 0 Å². The number of urea groups is 1. The number of carboxylic acid groups (broad SMARTS) is 1. The minimum Gasteiger partial charge on any atom is -0.480 e. The molecule has 3 amide bonds. The predicted octanol–water partition coefficient (Wildman–Crippen LogP) is 2.00. The number of nitrogens with two attached hydrogens (primary N) is 2. The topological polar surface area (TPSA) is 181 Å². The van der Waals surface area contributed by atoms with Gasteiger partial charge in [-0.15, -0.1) is 0 Å². The van der Waals surface area contributed by atoms with Crippen LogP contribution in [-0.2, 0) is 14.4 Å². The molecule has 0 spiro atoms. The van der Waals surface area contributed by atoms with Gasteiger partial charge in [0.2, 0.25) is 11.9 Å². The molecule has 204 valence electrons. The van der Waals surface area contributed by atoms with Crippen molar-refractivity contribution in [2.45, 2.75) is 103 Å². The van der Waals surface area contributed by atoms with Crippen molar-refractivity contribution in [1.29, 1.82) is 0 Å². The second kappa shape index (κ2) is 11.6. The molecular weight excluding hydrogens is 464 g/mol. The number of carboxylic acids is 1. The Balaban J connectivity index is 1.63. The van der Waals surface area contributed by atoms with E-state index in [1.807, 2.05) is 0 Å². The third kappa shape index (κ3) is 6.34. The first-order valence-electron chi connectivity index (χ1n) is 13.2. The Hall–Kier alpha value is -2.72. The van der Waals surface area contributed by atoms with Crippen LogP contribution in [0.5, 0.6) is 0 Å². The lowest BCUT2D eigenvalue weighted by Crippen LogP contribution is -2.57. The lowest BCUT2D eigenvalue weighted by Gasteiger charge is -2.40. The number of oxime groups is 1. The van der Waals surface area contributed by atoms with Gasteiger partial charge in [0.15, 0.2) is 0 Å². The number of amides is 3. The Kier molecular flexibility index (Phi) is 8.94. The van der Waals surface area contributed by atoms with E-state index in [9.17, 15) is 19.5 Å². The van der Waals surface area contributed by atoms with E-state index >= 15 is 0 Å². The summed E-state index contributed by atoms with van der Waals surface area (Å²) in [6.45, 7) is 6.76. The molecule has 0 heterocycles. The average molecular weight is 509 g/mol. The third-order valence-corrected chi connectivity index (χ3v) is 9.30. The van der Waals surface area contributed by atoms with Gasteiger partial charge in [-0.1, -0.05) is 52.9 Å². The first-order valence-corrected chi connectivity index (χ1v) is 13.2. The number of nitrogens with zero attached hydrogens (tertiary/aromatic N) is 1. The minimum atomic E-state index is -1.22. The molecule has 0 aromatic heterocycles. The molecule has 2 bridgehead atoms. The predicted molar refractivity (Wildman–Crippen MR) is 136 cm³/mol. The Morgan fingerprint density at radius 2 is 1.72 bits per heavy atom. The van der Waals surface area contributed by atoms with Crippen molar-refractivity contribution in [3.63, 3.8) is 0 Å². The van der Waals surface area contributed by atoms with Gasteiger partial charge in [-0.25, -0.2) is 9.59 Å². The van der Waals surface area contributed by atoms with Crippen LogP contribution in [0, 0.1) is 22.7 Å². The van der Waals surface area contributed by atoms with Crippen LogP contribution in [0.4, 0.5) is 4.79 Å². The summed E-state index contributed by atoms with van der Waals surface area (Å²) in [4.78, 5) is 42.8. The molecule has 3 rings (SSSR count). The number of carbonyl (C=O) groups excluding carboxylic acids is 2. The van der Waals surface area contributed by atoms with Gasteiger partial charge < -0.3 is 37.4 Å². The largest absolute Gasteiger partial charge is 0.480 e. The fourth-order valence-electron chi connectivity index (χ4n) is 6.59. The van der Waals surface area contributed by atoms with Crippen LogP contribution in [-0.4, -0.2) is 53.7 Å². The molecule has 0 aromatic rings. The molecule has 3 fully saturated rings. The number of aliphatic carboxylic acids is 1. The third-order valence-electron chi connectivity index (χ3n) is 9.30. The zero-order valence-electron chi connectivity index (χ0n) is 21.8. The summed E-state index contributed by atoms with van der Waals surface area (Å²) < 4.78 is 0. The lowest BCUT2D eigenvalue weighted by atomic mass is 9.69. The zero-order chi connectivity index (χ0) is 26.5. The van der Waals surface area contributed by atoms with E-state index in [4.69, 9.17) is 16.3 Å². The molecule has 36 heavy (non-hydrogen) atoms. The second-order valence-corrected chi connectivity index (χ2v) is 11.6. The molecular formula is C25H44N6O5. The van der Waals surface area contributed by atoms with Gasteiger partial charge in [-0.2, -0.15) is 0 Å². The Morgan fingerprint density at radius 3 is 2.28 bits per heavy atom. The fraction of sp³-hybridized carbons (Fsp3) is 0.840. The van der Waals surface area contributed by atoms with Gasteiger partial charge in [0.25, 0.3) is 0 Å². The van der Waals surface area contributed by atoms with Crippen molar-refractivity contribution in [2.75, 3.05) is 6.61 Å². The monoisotopic (exact) mass is 508 g/mol.